The Balaban J connectivity index is 1.37. The Hall–Kier alpha value is -2.45. The van der Waals surface area contributed by atoms with Gasteiger partial charge in [0.25, 0.3) is 5.91 Å². The molecule has 0 aliphatic carbocycles. The molecule has 3 aromatic heterocycles. The molecule has 0 bridgehead atoms. The van der Waals surface area contributed by atoms with Crippen molar-refractivity contribution in [1.82, 2.24) is 9.97 Å². The standard InChI is InChI=1S/C18H16N4O2S2/c1-10-19-12-8-11(4-5-13(12)24-10)20-16(23)14-9-15-17(25-14)21-18(26-15)22-6-2-3-7-22/h4-5,8-9H,2-3,6-7H2,1H3,(H,20,23). The van der Waals surface area contributed by atoms with Crippen molar-refractivity contribution in [2.45, 2.75) is 19.8 Å². The van der Waals surface area contributed by atoms with Crippen molar-refractivity contribution in [3.05, 3.63) is 35.0 Å². The topological polar surface area (TPSA) is 71.3 Å². The van der Waals surface area contributed by atoms with Crippen LogP contribution < -0.4 is 10.2 Å². The minimum absolute atomic E-state index is 0.123. The van der Waals surface area contributed by atoms with Crippen LogP contribution in [0.25, 0.3) is 20.6 Å². The third kappa shape index (κ3) is 2.75. The van der Waals surface area contributed by atoms with E-state index in [1.54, 1.807) is 18.3 Å². The lowest BCUT2D eigenvalue weighted by atomic mass is 10.3. The molecule has 4 aromatic rings. The smallest absolute Gasteiger partial charge is 0.265 e. The molecule has 1 aliphatic rings. The predicted molar refractivity (Wildman–Crippen MR) is 106 cm³/mol. The Labute approximate surface area is 157 Å². The Bertz CT molecular complexity index is 1090. The number of carbonyl (C=O) groups is 1. The summed E-state index contributed by atoms with van der Waals surface area (Å²) in [6, 6.07) is 7.40. The Morgan fingerprint density at radius 1 is 1.19 bits per heavy atom. The highest BCUT2D eigenvalue weighted by Gasteiger charge is 2.19. The van der Waals surface area contributed by atoms with Crippen LogP contribution >= 0.6 is 22.7 Å². The predicted octanol–water partition coefficient (Wildman–Crippen LogP) is 4.66. The molecular weight excluding hydrogens is 368 g/mol. The van der Waals surface area contributed by atoms with E-state index in [9.17, 15) is 4.79 Å². The summed E-state index contributed by atoms with van der Waals surface area (Å²) in [5, 5.41) is 4.01. The quantitative estimate of drug-likeness (QED) is 0.556. The molecule has 1 aromatic carbocycles. The number of amides is 1. The molecule has 8 heteroatoms. The number of nitrogens with zero attached hydrogens (tertiary/aromatic N) is 3. The number of oxazole rings is 1. The van der Waals surface area contributed by atoms with Crippen LogP contribution in [-0.2, 0) is 0 Å². The Morgan fingerprint density at radius 2 is 2.04 bits per heavy atom. The first-order chi connectivity index (χ1) is 12.7. The number of aromatic nitrogens is 2. The fraction of sp³-hybridized carbons (Fsp3) is 0.278. The molecule has 1 saturated heterocycles. The third-order valence-corrected chi connectivity index (χ3v) is 6.65. The van der Waals surface area contributed by atoms with Gasteiger partial charge in [0.1, 0.15) is 10.3 Å². The van der Waals surface area contributed by atoms with E-state index in [4.69, 9.17) is 9.40 Å². The van der Waals surface area contributed by atoms with Gasteiger partial charge in [-0.1, -0.05) is 11.3 Å². The Kier molecular flexibility index (Phi) is 3.68. The number of carbonyl (C=O) groups excluding carboxylic acids is 1. The van der Waals surface area contributed by atoms with Crippen LogP contribution in [0.1, 0.15) is 28.4 Å². The lowest BCUT2D eigenvalue weighted by molar-refractivity contribution is 0.103. The molecule has 132 valence electrons. The molecule has 0 saturated carbocycles. The van der Waals surface area contributed by atoms with Crippen molar-refractivity contribution in [3.63, 3.8) is 0 Å². The average Bonchev–Trinajstić information content (AvgIpc) is 3.36. The van der Waals surface area contributed by atoms with Gasteiger partial charge in [0.15, 0.2) is 16.6 Å². The first-order valence-electron chi connectivity index (χ1n) is 8.49. The summed E-state index contributed by atoms with van der Waals surface area (Å²) in [6.45, 7) is 3.97. The van der Waals surface area contributed by atoms with E-state index in [-0.39, 0.29) is 5.91 Å². The maximum absolute atomic E-state index is 12.6. The maximum atomic E-state index is 12.6. The summed E-state index contributed by atoms with van der Waals surface area (Å²) < 4.78 is 6.54. The molecule has 0 spiro atoms. The summed E-state index contributed by atoms with van der Waals surface area (Å²) in [4.78, 5) is 25.5. The van der Waals surface area contributed by atoms with Gasteiger partial charge in [0.2, 0.25) is 0 Å². The summed E-state index contributed by atoms with van der Waals surface area (Å²) in [7, 11) is 0. The average molecular weight is 384 g/mol. The summed E-state index contributed by atoms with van der Waals surface area (Å²) >= 11 is 3.10. The molecule has 0 unspecified atom stereocenters. The number of aryl methyl sites for hydroxylation is 1. The van der Waals surface area contributed by atoms with Crippen LogP contribution in [0.5, 0.6) is 0 Å². The monoisotopic (exact) mass is 384 g/mol. The first kappa shape index (κ1) is 15.8. The fourth-order valence-corrected chi connectivity index (χ4v) is 5.35. The SMILES string of the molecule is Cc1nc2cc(NC(=O)c3cc4sc(N5CCCC5)nc4s3)ccc2o1. The molecule has 5 rings (SSSR count). The number of fused-ring (bicyclic) bond motifs is 2. The third-order valence-electron chi connectivity index (χ3n) is 4.43. The highest BCUT2D eigenvalue weighted by atomic mass is 32.1. The Morgan fingerprint density at radius 3 is 2.85 bits per heavy atom. The van der Waals surface area contributed by atoms with Crippen LogP contribution in [0.15, 0.2) is 28.7 Å². The van der Waals surface area contributed by atoms with E-state index in [0.29, 0.717) is 16.5 Å². The normalized spacial score (nSPS) is 14.6. The van der Waals surface area contributed by atoms with E-state index < -0.39 is 0 Å². The minimum atomic E-state index is -0.123. The molecular formula is C18H16N4O2S2. The van der Waals surface area contributed by atoms with E-state index in [2.05, 4.69) is 15.2 Å². The van der Waals surface area contributed by atoms with Crippen molar-refractivity contribution < 1.29 is 9.21 Å². The number of thiazole rings is 1. The number of rotatable bonds is 3. The number of hydrogen-bond donors (Lipinski definition) is 1. The van der Waals surface area contributed by atoms with Crippen LogP contribution in [-0.4, -0.2) is 29.0 Å². The van der Waals surface area contributed by atoms with Gasteiger partial charge in [-0.3, -0.25) is 4.79 Å². The fourth-order valence-electron chi connectivity index (χ4n) is 3.19. The molecule has 0 atom stereocenters. The molecule has 4 heterocycles. The summed E-state index contributed by atoms with van der Waals surface area (Å²) in [6.07, 6.45) is 2.46. The second-order valence-electron chi connectivity index (χ2n) is 6.34. The van der Waals surface area contributed by atoms with Gasteiger partial charge in [-0.25, -0.2) is 9.97 Å². The highest BCUT2D eigenvalue weighted by molar-refractivity contribution is 7.29. The van der Waals surface area contributed by atoms with Gasteiger partial charge in [-0.15, -0.1) is 11.3 Å². The summed E-state index contributed by atoms with van der Waals surface area (Å²) in [5.74, 6) is 0.490. The van der Waals surface area contributed by atoms with Crippen molar-refractivity contribution >= 4 is 60.0 Å². The molecule has 1 N–H and O–H groups in total. The van der Waals surface area contributed by atoms with Crippen LogP contribution in [0.4, 0.5) is 10.8 Å². The van der Waals surface area contributed by atoms with E-state index in [0.717, 1.165) is 38.9 Å². The molecule has 6 nitrogen and oxygen atoms in total. The van der Waals surface area contributed by atoms with E-state index >= 15 is 0 Å². The van der Waals surface area contributed by atoms with Gasteiger partial charge in [-0.05, 0) is 37.1 Å². The number of anilines is 2. The second-order valence-corrected chi connectivity index (χ2v) is 8.38. The first-order valence-corrected chi connectivity index (χ1v) is 10.1. The maximum Gasteiger partial charge on any atom is 0.265 e. The van der Waals surface area contributed by atoms with Gasteiger partial charge >= 0.3 is 0 Å². The second kappa shape index (κ2) is 6.07. The van der Waals surface area contributed by atoms with Crippen LogP contribution in [0.2, 0.25) is 0 Å². The molecule has 0 radical (unpaired) electrons. The number of nitrogens with one attached hydrogen (secondary N) is 1. The van der Waals surface area contributed by atoms with E-state index in [1.165, 1.54) is 24.2 Å². The zero-order chi connectivity index (χ0) is 17.7. The lowest BCUT2D eigenvalue weighted by Gasteiger charge is -2.11. The molecule has 1 amide bonds. The number of benzene rings is 1. The molecule has 1 fully saturated rings. The van der Waals surface area contributed by atoms with Crippen molar-refractivity contribution in [1.29, 1.82) is 0 Å². The van der Waals surface area contributed by atoms with Crippen molar-refractivity contribution in [3.8, 4) is 0 Å². The van der Waals surface area contributed by atoms with Gasteiger partial charge < -0.3 is 14.6 Å². The van der Waals surface area contributed by atoms with Crippen molar-refractivity contribution in [2.24, 2.45) is 0 Å². The number of thiophene rings is 1. The summed E-state index contributed by atoms with van der Waals surface area (Å²) in [5.41, 5.74) is 2.17. The molecule has 26 heavy (non-hydrogen) atoms. The van der Waals surface area contributed by atoms with E-state index in [1.807, 2.05) is 24.3 Å². The lowest BCUT2D eigenvalue weighted by Crippen LogP contribution is -2.16. The zero-order valence-corrected chi connectivity index (χ0v) is 15.7. The van der Waals surface area contributed by atoms with Crippen LogP contribution in [0, 0.1) is 6.92 Å². The highest BCUT2D eigenvalue weighted by Crippen LogP contribution is 2.36. The van der Waals surface area contributed by atoms with Gasteiger partial charge in [-0.2, -0.15) is 0 Å². The minimum Gasteiger partial charge on any atom is -0.441 e. The van der Waals surface area contributed by atoms with Crippen molar-refractivity contribution in [2.75, 3.05) is 23.3 Å². The van der Waals surface area contributed by atoms with Gasteiger partial charge in [0.05, 0.1) is 9.58 Å². The van der Waals surface area contributed by atoms with Crippen LogP contribution in [0.3, 0.4) is 0 Å². The zero-order valence-electron chi connectivity index (χ0n) is 14.1. The molecule has 1 aliphatic heterocycles. The largest absolute Gasteiger partial charge is 0.441 e. The number of hydrogen-bond acceptors (Lipinski definition) is 7. The van der Waals surface area contributed by atoms with Gasteiger partial charge in [0, 0.05) is 25.7 Å².